The minimum atomic E-state index is -1.83. The first-order valence-electron chi connectivity index (χ1n) is 0.651. The zero-order chi connectivity index (χ0) is 3.58. The van der Waals surface area contributed by atoms with Crippen molar-refractivity contribution in [2.75, 3.05) is 0 Å². The van der Waals surface area contributed by atoms with Gasteiger partial charge in [-0.05, 0) is 0 Å². The minimum absolute atomic E-state index is 0. The number of carbonyl (C=O) groups is 1. The number of hydrogen-bond donors (Lipinski definition) is 2. The van der Waals surface area contributed by atoms with Gasteiger partial charge in [0, 0.05) is 37.3 Å². The molecular weight excluding hydrogens is 243 g/mol. The van der Waals surface area contributed by atoms with Gasteiger partial charge in [0.25, 0.3) is 0 Å². The van der Waals surface area contributed by atoms with Crippen molar-refractivity contribution in [1.29, 1.82) is 0 Å². The van der Waals surface area contributed by atoms with Crippen LogP contribution >= 0.6 is 0 Å². The summed E-state index contributed by atoms with van der Waals surface area (Å²) >= 11 is 0. The van der Waals surface area contributed by atoms with Gasteiger partial charge in [-0.2, -0.15) is 0 Å². The van der Waals surface area contributed by atoms with E-state index in [4.69, 9.17) is 15.0 Å². The van der Waals surface area contributed by atoms with Crippen LogP contribution in [0.15, 0.2) is 0 Å². The molecule has 0 atom stereocenters. The van der Waals surface area contributed by atoms with E-state index in [-0.39, 0.29) is 42.8 Å². The molecule has 0 heterocycles. The zero-order valence-corrected chi connectivity index (χ0v) is 4.44. The van der Waals surface area contributed by atoms with E-state index in [2.05, 4.69) is 0 Å². The first-order valence-corrected chi connectivity index (χ1v) is 0.651. The number of rotatable bonds is 0. The van der Waals surface area contributed by atoms with Crippen molar-refractivity contribution < 1.29 is 57.8 Å². The second-order valence-electron chi connectivity index (χ2n) is 0.283. The Morgan fingerprint density at radius 3 is 1.33 bits per heavy atom. The molecule has 5 heteroatoms. The van der Waals surface area contributed by atoms with E-state index >= 15 is 0 Å². The second kappa shape index (κ2) is 9.08. The van der Waals surface area contributed by atoms with Gasteiger partial charge < -0.3 is 15.7 Å². The molecule has 0 aromatic heterocycles. The fourth-order valence-electron chi connectivity index (χ4n) is 0. The van der Waals surface area contributed by atoms with Crippen LogP contribution in [0.25, 0.3) is 0 Å². The molecule has 0 fully saturated rings. The van der Waals surface area contributed by atoms with Crippen LogP contribution in [0.4, 0.5) is 4.79 Å². The molecule has 0 radical (unpaired) electrons. The van der Waals surface area contributed by atoms with Gasteiger partial charge in [-0.15, -0.1) is 0 Å². The summed E-state index contributed by atoms with van der Waals surface area (Å²) in [5.41, 5.74) is 0. The van der Waals surface area contributed by atoms with Crippen LogP contribution in [-0.2, 0) is 0 Å². The van der Waals surface area contributed by atoms with Gasteiger partial charge in [-0.25, -0.2) is 4.79 Å². The molecule has 0 rings (SSSR count). The van der Waals surface area contributed by atoms with Gasteiger partial charge in [0.1, 0.15) is 0 Å². The largest absolute Gasteiger partial charge is 0.503 e. The first kappa shape index (κ1) is 16.1. The minimum Gasteiger partial charge on any atom is -0.450 e. The van der Waals surface area contributed by atoms with E-state index in [1.807, 2.05) is 0 Å². The Morgan fingerprint density at radius 2 is 1.33 bits per heavy atom. The van der Waals surface area contributed by atoms with E-state index < -0.39 is 6.16 Å². The Morgan fingerprint density at radius 1 is 1.33 bits per heavy atom. The van der Waals surface area contributed by atoms with Crippen LogP contribution in [0.1, 0.15) is 0 Å². The van der Waals surface area contributed by atoms with Gasteiger partial charge in [0.2, 0.25) is 0 Å². The van der Waals surface area contributed by atoms with Crippen molar-refractivity contribution in [1.82, 2.24) is 0 Å². The normalized spacial score (nSPS) is 4.00. The summed E-state index contributed by atoms with van der Waals surface area (Å²) in [6.07, 6.45) is -1.83. The van der Waals surface area contributed by atoms with Crippen molar-refractivity contribution in [3.63, 3.8) is 0 Å². The zero-order valence-electron chi connectivity index (χ0n) is 2.59. The van der Waals surface area contributed by atoms with Crippen LogP contribution in [0, 0.1) is 37.3 Å². The monoisotopic (exact) mass is 246 g/mol. The average molecular weight is 247 g/mol. The molecule has 44 valence electrons. The van der Waals surface area contributed by atoms with Crippen molar-refractivity contribution in [2.45, 2.75) is 0 Å². The van der Waals surface area contributed by atoms with Crippen LogP contribution in [0.3, 0.4) is 0 Å². The van der Waals surface area contributed by atoms with Gasteiger partial charge in [-0.1, -0.05) is 0 Å². The molecule has 0 aliphatic heterocycles. The molecular formula is CH4ErO4. The molecule has 0 aliphatic carbocycles. The number of carboxylic acid groups (broad SMARTS) is 2. The van der Waals surface area contributed by atoms with E-state index in [9.17, 15) is 0 Å². The molecule has 4 N–H and O–H groups in total. The third-order valence-electron chi connectivity index (χ3n) is 0. The third kappa shape index (κ3) is 238. The maximum atomic E-state index is 8.56. The molecule has 0 aliphatic rings. The topological polar surface area (TPSA) is 89.0 Å². The molecule has 0 aromatic rings. The smallest absolute Gasteiger partial charge is 0.450 e. The van der Waals surface area contributed by atoms with Crippen LogP contribution in [0.2, 0.25) is 0 Å². The Labute approximate surface area is 63.7 Å². The third-order valence-corrected chi connectivity index (χ3v) is 0. The van der Waals surface area contributed by atoms with Crippen molar-refractivity contribution in [3.05, 3.63) is 0 Å². The SMILES string of the molecule is O.O=C(O)O.[Er]. The van der Waals surface area contributed by atoms with Crippen LogP contribution in [-0.4, -0.2) is 21.8 Å². The molecule has 0 aromatic carbocycles. The summed E-state index contributed by atoms with van der Waals surface area (Å²) in [6.45, 7) is 0. The predicted molar refractivity (Wildman–Crippen MR) is 14.3 cm³/mol. The molecule has 0 saturated carbocycles. The van der Waals surface area contributed by atoms with Gasteiger partial charge in [0.05, 0.1) is 0 Å². The molecule has 0 bridgehead atoms. The van der Waals surface area contributed by atoms with Gasteiger partial charge in [0.15, 0.2) is 0 Å². The summed E-state index contributed by atoms with van der Waals surface area (Å²) in [5.74, 6) is 0. The maximum absolute atomic E-state index is 8.56. The van der Waals surface area contributed by atoms with Gasteiger partial charge >= 0.3 is 6.16 Å². The van der Waals surface area contributed by atoms with E-state index in [0.29, 0.717) is 0 Å². The number of hydrogen-bond acceptors (Lipinski definition) is 1. The van der Waals surface area contributed by atoms with E-state index in [1.54, 1.807) is 0 Å². The Kier molecular flexibility index (Phi) is 24.3. The Balaban J connectivity index is -0.0000000450. The molecule has 0 saturated heterocycles. The fraction of sp³-hybridized carbons (Fsp3) is 0. The van der Waals surface area contributed by atoms with Crippen molar-refractivity contribution in [3.8, 4) is 0 Å². The average Bonchev–Trinajstić information content (AvgIpc) is 0.811. The van der Waals surface area contributed by atoms with E-state index in [0.717, 1.165) is 0 Å². The molecule has 0 unspecified atom stereocenters. The maximum Gasteiger partial charge on any atom is 0.503 e. The van der Waals surface area contributed by atoms with Crippen molar-refractivity contribution in [2.24, 2.45) is 0 Å². The summed E-state index contributed by atoms with van der Waals surface area (Å²) in [5, 5.41) is 13.9. The molecule has 0 amide bonds. The van der Waals surface area contributed by atoms with Crippen molar-refractivity contribution >= 4 is 6.16 Å². The van der Waals surface area contributed by atoms with Crippen LogP contribution < -0.4 is 0 Å². The quantitative estimate of drug-likeness (QED) is 0.599. The summed E-state index contributed by atoms with van der Waals surface area (Å²) in [4.78, 5) is 8.56. The Bertz CT molecular complexity index is 30.5. The Hall–Kier alpha value is 0.477. The molecule has 4 nitrogen and oxygen atoms in total. The van der Waals surface area contributed by atoms with Crippen LogP contribution in [0.5, 0.6) is 0 Å². The summed E-state index contributed by atoms with van der Waals surface area (Å²) in [7, 11) is 0. The molecule has 0 spiro atoms. The first-order chi connectivity index (χ1) is 1.73. The summed E-state index contributed by atoms with van der Waals surface area (Å²) < 4.78 is 0. The molecule has 6 heavy (non-hydrogen) atoms. The summed E-state index contributed by atoms with van der Waals surface area (Å²) in [6, 6.07) is 0. The van der Waals surface area contributed by atoms with E-state index in [1.165, 1.54) is 0 Å². The second-order valence-corrected chi connectivity index (χ2v) is 0.283. The van der Waals surface area contributed by atoms with Gasteiger partial charge in [-0.3, -0.25) is 0 Å². The standard InChI is InChI=1S/CH2O3.Er.H2O/c2-1(3)4;;/h(H2,2,3,4);;1H2. The fourth-order valence-corrected chi connectivity index (χ4v) is 0. The predicted octanol–water partition coefficient (Wildman–Crippen LogP) is -0.602.